The van der Waals surface area contributed by atoms with Gasteiger partial charge in [0, 0.05) is 19.3 Å². The van der Waals surface area contributed by atoms with Gasteiger partial charge in [0.25, 0.3) is 0 Å². The van der Waals surface area contributed by atoms with Crippen LogP contribution in [0, 0.1) is 0 Å². The zero-order valence-corrected chi connectivity index (χ0v) is 38.8. The van der Waals surface area contributed by atoms with Gasteiger partial charge in [-0.15, -0.1) is 0 Å². The molecule has 0 saturated carbocycles. The minimum absolute atomic E-state index is 0.000997. The van der Waals surface area contributed by atoms with E-state index in [4.69, 9.17) is 14.2 Å². The van der Waals surface area contributed by atoms with Crippen molar-refractivity contribution in [3.63, 3.8) is 0 Å². The summed E-state index contributed by atoms with van der Waals surface area (Å²) in [7, 11) is 5.36. The second-order valence-electron chi connectivity index (χ2n) is 15.9. The number of carboxylic acid groups (broad SMARTS) is 1. The van der Waals surface area contributed by atoms with Crippen LogP contribution in [0.3, 0.4) is 0 Å². The third-order valence-electron chi connectivity index (χ3n) is 9.34. The van der Waals surface area contributed by atoms with Crippen molar-refractivity contribution in [3.05, 3.63) is 122 Å². The number of nitrogens with zero attached hydrogens (tertiary/aromatic N) is 1. The van der Waals surface area contributed by atoms with Crippen molar-refractivity contribution in [3.8, 4) is 0 Å². The molecule has 0 spiro atoms. The highest BCUT2D eigenvalue weighted by Crippen LogP contribution is 2.11. The average molecular weight is 846 g/mol. The van der Waals surface area contributed by atoms with E-state index >= 15 is 0 Å². The minimum atomic E-state index is -1.14. The van der Waals surface area contributed by atoms with Crippen molar-refractivity contribution in [1.82, 2.24) is 0 Å². The molecule has 0 amide bonds. The third kappa shape index (κ3) is 40.9. The van der Waals surface area contributed by atoms with Gasteiger partial charge >= 0.3 is 11.9 Å². The van der Waals surface area contributed by atoms with Gasteiger partial charge in [-0.1, -0.05) is 148 Å². The largest absolute Gasteiger partial charge is 0.544 e. The van der Waals surface area contributed by atoms with Crippen molar-refractivity contribution in [2.45, 2.75) is 154 Å². The molecule has 0 saturated heterocycles. The molecule has 0 fully saturated rings. The van der Waals surface area contributed by atoms with E-state index in [-0.39, 0.29) is 49.1 Å². The van der Waals surface area contributed by atoms with Gasteiger partial charge in [0.15, 0.2) is 6.10 Å². The Balaban J connectivity index is 4.48. The molecule has 0 aromatic rings. The van der Waals surface area contributed by atoms with Gasteiger partial charge in [0.05, 0.1) is 40.3 Å². The Morgan fingerprint density at radius 1 is 0.492 bits per heavy atom. The first-order valence-electron chi connectivity index (χ1n) is 23.1. The summed E-state index contributed by atoms with van der Waals surface area (Å²) in [5.74, 6) is -1.86. The van der Waals surface area contributed by atoms with E-state index in [1.54, 1.807) is 21.1 Å². The number of carbonyl (C=O) groups excluding carboxylic acids is 3. The Labute approximate surface area is 371 Å². The highest BCUT2D eigenvalue weighted by Gasteiger charge is 2.25. The van der Waals surface area contributed by atoms with Crippen LogP contribution in [0.5, 0.6) is 0 Å². The molecule has 0 heterocycles. The molecule has 0 aliphatic carbocycles. The van der Waals surface area contributed by atoms with Crippen molar-refractivity contribution in [2.24, 2.45) is 0 Å². The Morgan fingerprint density at radius 2 is 0.885 bits per heavy atom. The summed E-state index contributed by atoms with van der Waals surface area (Å²) in [5, 5.41) is 11.6. The van der Waals surface area contributed by atoms with Gasteiger partial charge in [-0.2, -0.15) is 0 Å². The molecule has 0 aliphatic rings. The van der Waals surface area contributed by atoms with Gasteiger partial charge in [-0.3, -0.25) is 9.59 Å². The smallest absolute Gasteiger partial charge is 0.306 e. The number of carboxylic acids is 1. The van der Waals surface area contributed by atoms with E-state index in [1.807, 2.05) is 0 Å². The van der Waals surface area contributed by atoms with Crippen LogP contribution in [-0.2, 0) is 28.6 Å². The minimum Gasteiger partial charge on any atom is -0.544 e. The molecule has 8 heteroatoms. The molecule has 0 bridgehead atoms. The fourth-order valence-electron chi connectivity index (χ4n) is 5.84. The summed E-state index contributed by atoms with van der Waals surface area (Å²) >= 11 is 0. The number of aliphatic carboxylic acids is 1. The third-order valence-corrected chi connectivity index (χ3v) is 9.34. The van der Waals surface area contributed by atoms with Gasteiger partial charge in [0.1, 0.15) is 12.6 Å². The maximum absolute atomic E-state index is 12.7. The maximum atomic E-state index is 12.7. The van der Waals surface area contributed by atoms with Crippen LogP contribution in [0.4, 0.5) is 0 Å². The standard InChI is InChI=1S/C53H83NO7/c1-6-8-10-12-14-16-18-20-22-23-24-25-26-27-28-29-30-32-34-36-38-40-42-44-52(56)61-49(47-59-46-45-50(53(57)58)54(3,4)5)48-60-51(55)43-41-39-37-35-33-31-21-19-17-15-13-11-9-7-2/h8-11,14-17,20-22,24-25,27-28,30-32,36,38,49-50H,6-7,12-13,18-19,23,26,29,33-35,37,39-48H2,1-5H3/b10-8+,11-9+,16-14+,17-15+,22-20+,25-24+,28-27+,31-21+,32-30+,38-36+. The van der Waals surface area contributed by atoms with Crippen molar-refractivity contribution < 1.29 is 38.2 Å². The summed E-state index contributed by atoms with van der Waals surface area (Å²) < 4.78 is 17.1. The summed E-state index contributed by atoms with van der Waals surface area (Å²) in [4.78, 5) is 36.9. The van der Waals surface area contributed by atoms with Crippen LogP contribution >= 0.6 is 0 Å². The first kappa shape index (κ1) is 56.7. The Kier molecular flexibility index (Phi) is 39.5. The monoisotopic (exact) mass is 846 g/mol. The SMILES string of the molecule is CC/C=C/C/C=C/C/C=C/C/C=C/C/C=C/C/C=C/C/C=C/CCCC(=O)OC(COCCC(C(=O)[O-])[N+](C)(C)C)COC(=O)CCCCCC/C=C/C/C=C/C/C=C/CC. The van der Waals surface area contributed by atoms with Crippen molar-refractivity contribution >= 4 is 17.9 Å². The van der Waals surface area contributed by atoms with Gasteiger partial charge in [-0.05, 0) is 96.3 Å². The second kappa shape index (κ2) is 42.4. The van der Waals surface area contributed by atoms with Crippen LogP contribution in [0.2, 0.25) is 0 Å². The zero-order valence-electron chi connectivity index (χ0n) is 38.8. The molecule has 61 heavy (non-hydrogen) atoms. The van der Waals surface area contributed by atoms with E-state index in [2.05, 4.69) is 135 Å². The predicted molar refractivity (Wildman–Crippen MR) is 254 cm³/mol. The summed E-state index contributed by atoms with van der Waals surface area (Å²) in [5.41, 5.74) is 0. The van der Waals surface area contributed by atoms with E-state index in [0.29, 0.717) is 12.8 Å². The lowest BCUT2D eigenvalue weighted by atomic mass is 10.1. The maximum Gasteiger partial charge on any atom is 0.306 e. The topological polar surface area (TPSA) is 102 Å². The number of ether oxygens (including phenoxy) is 3. The first-order chi connectivity index (χ1) is 29.6. The molecule has 2 atom stereocenters. The predicted octanol–water partition coefficient (Wildman–Crippen LogP) is 11.7. The summed E-state index contributed by atoms with van der Waals surface area (Å²) in [6.07, 6.45) is 59.5. The summed E-state index contributed by atoms with van der Waals surface area (Å²) in [6, 6.07) is -0.748. The number of carbonyl (C=O) groups is 3. The van der Waals surface area contributed by atoms with Gasteiger partial charge in [0.2, 0.25) is 0 Å². The van der Waals surface area contributed by atoms with Crippen LogP contribution in [-0.4, -0.2) is 75.5 Å². The Bertz CT molecular complexity index is 1400. The Morgan fingerprint density at radius 3 is 1.31 bits per heavy atom. The lowest BCUT2D eigenvalue weighted by Crippen LogP contribution is -2.55. The number of unbranched alkanes of at least 4 members (excludes halogenated alkanes) is 5. The number of allylic oxidation sites excluding steroid dienone is 20. The lowest BCUT2D eigenvalue weighted by molar-refractivity contribution is -0.889. The molecule has 0 aromatic carbocycles. The number of rotatable bonds is 39. The Hall–Kier alpha value is -4.27. The van der Waals surface area contributed by atoms with E-state index in [0.717, 1.165) is 103 Å². The molecule has 0 rings (SSSR count). The molecule has 0 N–H and O–H groups in total. The molecule has 0 aliphatic heterocycles. The fraction of sp³-hybridized carbons (Fsp3) is 0.566. The van der Waals surface area contributed by atoms with Crippen LogP contribution in [0.25, 0.3) is 0 Å². The zero-order chi connectivity index (χ0) is 44.9. The van der Waals surface area contributed by atoms with Crippen LogP contribution < -0.4 is 5.11 Å². The number of hydrogen-bond donors (Lipinski definition) is 0. The van der Waals surface area contributed by atoms with Crippen molar-refractivity contribution in [2.75, 3.05) is 41.0 Å². The molecule has 0 radical (unpaired) electrons. The molecule has 0 aromatic heterocycles. The molecule has 342 valence electrons. The van der Waals surface area contributed by atoms with Crippen molar-refractivity contribution in [1.29, 1.82) is 0 Å². The highest BCUT2D eigenvalue weighted by molar-refractivity contribution is 5.70. The number of quaternary nitrogens is 1. The quantitative estimate of drug-likeness (QED) is 0.0263. The fourth-order valence-corrected chi connectivity index (χ4v) is 5.84. The van der Waals surface area contributed by atoms with Gasteiger partial charge < -0.3 is 28.6 Å². The molecular formula is C53H83NO7. The second-order valence-corrected chi connectivity index (χ2v) is 15.9. The molecule has 8 nitrogen and oxygen atoms in total. The molecule has 2 unspecified atom stereocenters. The van der Waals surface area contributed by atoms with E-state index in [1.165, 1.54) is 0 Å². The lowest BCUT2D eigenvalue weighted by Gasteiger charge is -2.34. The average Bonchev–Trinajstić information content (AvgIpc) is 3.22. The van der Waals surface area contributed by atoms with Gasteiger partial charge in [-0.25, -0.2) is 0 Å². The number of esters is 2. The first-order valence-corrected chi connectivity index (χ1v) is 23.1. The highest BCUT2D eigenvalue weighted by atomic mass is 16.6. The number of hydrogen-bond acceptors (Lipinski definition) is 7. The normalized spacial score (nSPS) is 14.0. The number of likely N-dealkylation sites (N-methyl/N-ethyl adjacent to an activating group) is 1. The van der Waals surface area contributed by atoms with Crippen LogP contribution in [0.15, 0.2) is 122 Å². The van der Waals surface area contributed by atoms with Crippen LogP contribution in [0.1, 0.15) is 142 Å². The van der Waals surface area contributed by atoms with E-state index < -0.39 is 18.1 Å². The molecular weight excluding hydrogens is 763 g/mol. The summed E-state index contributed by atoms with van der Waals surface area (Å²) in [6.45, 7) is 4.32. The van der Waals surface area contributed by atoms with E-state index in [9.17, 15) is 19.5 Å².